The summed E-state index contributed by atoms with van der Waals surface area (Å²) in [6.45, 7) is 2.78. The summed E-state index contributed by atoms with van der Waals surface area (Å²) in [5.74, 6) is 1.16. The lowest BCUT2D eigenvalue weighted by Crippen LogP contribution is -2.36. The highest BCUT2D eigenvalue weighted by Crippen LogP contribution is 2.68. The molecule has 8 aliphatic carbocycles. The minimum atomic E-state index is -4.04. The maximum atomic E-state index is 14.2. The van der Waals surface area contributed by atoms with E-state index in [9.17, 15) is 18.9 Å². The molecule has 10 unspecified atom stereocenters. The van der Waals surface area contributed by atoms with Gasteiger partial charge in [-0.05, 0) is 128 Å². The summed E-state index contributed by atoms with van der Waals surface area (Å²) >= 11 is 0. The Bertz CT molecular complexity index is 2290. The zero-order valence-corrected chi connectivity index (χ0v) is 29.7. The summed E-state index contributed by atoms with van der Waals surface area (Å²) in [7, 11) is -8.08. The molecule has 0 heterocycles. The first-order valence-electron chi connectivity index (χ1n) is 18.4. The van der Waals surface area contributed by atoms with Crippen molar-refractivity contribution in [1.82, 2.24) is 0 Å². The van der Waals surface area contributed by atoms with Crippen LogP contribution in [0.2, 0.25) is 0 Å². The first kappa shape index (κ1) is 28.1. The van der Waals surface area contributed by atoms with Crippen LogP contribution in [0, 0.1) is 0 Å². The Kier molecular flexibility index (Phi) is 4.82. The van der Waals surface area contributed by atoms with Crippen molar-refractivity contribution in [2.24, 2.45) is 0 Å². The maximum Gasteiger partial charge on any atom is 0.0409 e. The van der Waals surface area contributed by atoms with Crippen molar-refractivity contribution in [3.8, 4) is 0 Å². The molecule has 50 heavy (non-hydrogen) atoms. The second-order valence-electron chi connectivity index (χ2n) is 16.9. The highest BCUT2D eigenvalue weighted by atomic mass is 31.2. The quantitative estimate of drug-likeness (QED) is 0.181. The second-order valence-corrected chi connectivity index (χ2v) is 21.2. The van der Waals surface area contributed by atoms with Gasteiger partial charge in [0.2, 0.25) is 0 Å². The third-order valence-electron chi connectivity index (χ3n) is 14.8. The lowest BCUT2D eigenvalue weighted by Gasteiger charge is -2.39. The minimum absolute atomic E-state index is 0.0941. The van der Waals surface area contributed by atoms with Gasteiger partial charge in [0.25, 0.3) is 0 Å². The molecule has 0 spiro atoms. The van der Waals surface area contributed by atoms with Crippen molar-refractivity contribution >= 4 is 25.3 Å². The standard InChI is InChI=1S/C44H36O4P2/c1-49(45,46)43-39-35-17-37(33-15-29-25-11-23(27(29)13-31(33)35)19-7-3-5-9-21(19)25)41(39)44(50(2,47)48)42-38-18-36(40(42)43)32-14-28-24-12-26(30(28)16-34(32)38)22-10-6-4-8-20(22)24/h3-10,13-16,23-26,35-38H,11-12,17-18H2,1-2H3,(H,45,46)(H,47,48)/p-2. The molecule has 6 heteroatoms. The van der Waals surface area contributed by atoms with E-state index in [0.717, 1.165) is 47.9 Å². The van der Waals surface area contributed by atoms with Crippen LogP contribution in [0.25, 0.3) is 0 Å². The Morgan fingerprint density at radius 3 is 0.860 bits per heavy atom. The van der Waals surface area contributed by atoms with Crippen LogP contribution in [0.5, 0.6) is 0 Å². The van der Waals surface area contributed by atoms with Gasteiger partial charge in [0.1, 0.15) is 0 Å². The predicted molar refractivity (Wildman–Crippen MR) is 192 cm³/mol. The van der Waals surface area contributed by atoms with Crippen LogP contribution < -0.4 is 20.4 Å². The highest BCUT2D eigenvalue weighted by molar-refractivity contribution is 7.65. The van der Waals surface area contributed by atoms with Crippen molar-refractivity contribution < 1.29 is 18.9 Å². The van der Waals surface area contributed by atoms with E-state index in [0.29, 0.717) is 34.3 Å². The van der Waals surface area contributed by atoms with Crippen LogP contribution in [0.15, 0.2) is 72.8 Å². The smallest absolute Gasteiger partial charge is 0.0409 e. The Morgan fingerprint density at radius 2 is 0.620 bits per heavy atom. The Labute approximate surface area is 291 Å². The molecule has 8 bridgehead atoms. The summed E-state index contributed by atoms with van der Waals surface area (Å²) in [6, 6.07) is 27.3. The first-order chi connectivity index (χ1) is 24.1. The van der Waals surface area contributed by atoms with Crippen molar-refractivity contribution in [3.63, 3.8) is 0 Å². The third kappa shape index (κ3) is 3.03. The Balaban J connectivity index is 1.04. The number of rotatable bonds is 2. The fraction of sp³-hybridized carbons (Fsp3) is 0.318. The van der Waals surface area contributed by atoms with Crippen LogP contribution in [0.4, 0.5) is 0 Å². The Morgan fingerprint density at radius 1 is 0.400 bits per heavy atom. The fourth-order valence-electron chi connectivity index (χ4n) is 13.4. The van der Waals surface area contributed by atoms with Crippen molar-refractivity contribution in [2.45, 2.75) is 73.0 Å². The summed E-state index contributed by atoms with van der Waals surface area (Å²) in [4.78, 5) is 28.5. The largest absolute Gasteiger partial charge is 0.796 e. The molecule has 5 aromatic rings. The van der Waals surface area contributed by atoms with Crippen LogP contribution in [-0.4, -0.2) is 13.3 Å². The molecular formula is C44H34O4P2-2. The van der Waals surface area contributed by atoms with Gasteiger partial charge in [0.15, 0.2) is 0 Å². The molecule has 8 aliphatic rings. The van der Waals surface area contributed by atoms with Crippen LogP contribution >= 0.6 is 14.7 Å². The molecule has 4 nitrogen and oxygen atoms in total. The molecule has 0 radical (unpaired) electrons. The zero-order chi connectivity index (χ0) is 33.3. The van der Waals surface area contributed by atoms with E-state index < -0.39 is 14.7 Å². The van der Waals surface area contributed by atoms with E-state index in [4.69, 9.17) is 0 Å². The van der Waals surface area contributed by atoms with Crippen molar-refractivity contribution in [1.29, 1.82) is 0 Å². The average molecular weight is 689 g/mol. The van der Waals surface area contributed by atoms with Gasteiger partial charge >= 0.3 is 0 Å². The SMILES string of the molecule is CP(=O)([O-])c1c2c(c(P(C)(=O)[O-])c3c1C1CC3c3cc4c(cc31)C1CC4c3ccccc31)C1CC2c2cc3c(cc21)C1CC3c2ccccc21. The van der Waals surface area contributed by atoms with E-state index in [1.807, 2.05) is 0 Å². The number of fused-ring (bicyclic) bond motifs is 32. The van der Waals surface area contributed by atoms with Crippen LogP contribution in [0.3, 0.4) is 0 Å². The summed E-state index contributed by atoms with van der Waals surface area (Å²) in [6.07, 6.45) is 3.71. The average Bonchev–Trinajstić information content (AvgIpc) is 3.96. The molecule has 246 valence electrons. The van der Waals surface area contributed by atoms with Gasteiger partial charge in [0, 0.05) is 72.7 Å². The molecule has 13 rings (SSSR count). The van der Waals surface area contributed by atoms with Gasteiger partial charge in [-0.2, -0.15) is 0 Å². The molecule has 10 atom stereocenters. The van der Waals surface area contributed by atoms with E-state index in [-0.39, 0.29) is 23.7 Å². The molecule has 0 saturated carbocycles. The molecule has 0 amide bonds. The maximum absolute atomic E-state index is 14.2. The monoisotopic (exact) mass is 688 g/mol. The molecule has 0 aromatic heterocycles. The molecule has 0 saturated heterocycles. The van der Waals surface area contributed by atoms with Gasteiger partial charge in [-0.1, -0.05) is 72.8 Å². The molecular weight excluding hydrogens is 654 g/mol. The Hall–Kier alpha value is -3.52. The zero-order valence-electron chi connectivity index (χ0n) is 27.9. The van der Waals surface area contributed by atoms with E-state index in [2.05, 4.69) is 72.8 Å². The third-order valence-corrected chi connectivity index (χ3v) is 17.4. The van der Waals surface area contributed by atoms with Gasteiger partial charge in [-0.3, -0.25) is 0 Å². The van der Waals surface area contributed by atoms with Gasteiger partial charge in [0.05, 0.1) is 0 Å². The van der Waals surface area contributed by atoms with E-state index >= 15 is 0 Å². The minimum Gasteiger partial charge on any atom is -0.796 e. The molecule has 0 fully saturated rings. The fourth-order valence-corrected chi connectivity index (χ4v) is 16.2. The molecule has 0 N–H and O–H groups in total. The first-order valence-corrected chi connectivity index (χ1v) is 22.6. The number of benzene rings is 5. The highest BCUT2D eigenvalue weighted by Gasteiger charge is 2.55. The predicted octanol–water partition coefficient (Wildman–Crippen LogP) is 7.40. The van der Waals surface area contributed by atoms with Crippen LogP contribution in [0.1, 0.15) is 162 Å². The number of hydrogen-bond acceptors (Lipinski definition) is 4. The molecule has 5 aromatic carbocycles. The van der Waals surface area contributed by atoms with Crippen molar-refractivity contribution in [2.75, 3.05) is 13.3 Å². The van der Waals surface area contributed by atoms with Crippen LogP contribution in [-0.2, 0) is 9.13 Å². The summed E-state index contributed by atoms with van der Waals surface area (Å²) in [5, 5.41) is 0.964. The van der Waals surface area contributed by atoms with Crippen molar-refractivity contribution in [3.05, 3.63) is 162 Å². The lowest BCUT2D eigenvalue weighted by molar-refractivity contribution is -0.170. The lowest BCUT2D eigenvalue weighted by atomic mass is 9.75. The molecule has 0 aliphatic heterocycles. The normalized spacial score (nSPS) is 31.8. The summed E-state index contributed by atoms with van der Waals surface area (Å²) < 4.78 is 28.5. The topological polar surface area (TPSA) is 80.3 Å². The van der Waals surface area contributed by atoms with Gasteiger partial charge < -0.3 is 18.9 Å². The van der Waals surface area contributed by atoms with Gasteiger partial charge in [-0.25, -0.2) is 0 Å². The van der Waals surface area contributed by atoms with E-state index in [1.165, 1.54) is 80.1 Å². The van der Waals surface area contributed by atoms with Gasteiger partial charge in [-0.15, -0.1) is 0 Å². The second kappa shape index (κ2) is 8.57. The van der Waals surface area contributed by atoms with E-state index in [1.54, 1.807) is 0 Å². The number of hydrogen-bond donors (Lipinski definition) is 0. The summed E-state index contributed by atoms with van der Waals surface area (Å²) in [5.41, 5.74) is 19.6.